The van der Waals surface area contributed by atoms with Gasteiger partial charge in [0.2, 0.25) is 0 Å². The summed E-state index contributed by atoms with van der Waals surface area (Å²) in [5, 5.41) is 20.0. The van der Waals surface area contributed by atoms with Crippen LogP contribution < -0.4 is 5.43 Å². The second kappa shape index (κ2) is 6.74. The molecule has 2 N–H and O–H groups in total. The Bertz CT molecular complexity index is 881. The zero-order valence-electron chi connectivity index (χ0n) is 13.8. The van der Waals surface area contributed by atoms with Gasteiger partial charge in [-0.2, -0.15) is 0 Å². The number of benzene rings is 1. The van der Waals surface area contributed by atoms with Gasteiger partial charge in [0.1, 0.15) is 17.0 Å². The van der Waals surface area contributed by atoms with Gasteiger partial charge in [0.25, 0.3) is 0 Å². The molecule has 7 nitrogen and oxygen atoms in total. The number of carboxylic acid groups (broad SMARTS) is 1. The number of fused-ring (bicyclic) bond motifs is 1. The summed E-state index contributed by atoms with van der Waals surface area (Å²) in [5.74, 6) is -2.26. The third-order valence-corrected chi connectivity index (χ3v) is 3.91. The van der Waals surface area contributed by atoms with Crippen molar-refractivity contribution < 1.29 is 24.5 Å². The van der Waals surface area contributed by atoms with E-state index in [1.807, 2.05) is 6.92 Å². The van der Waals surface area contributed by atoms with E-state index < -0.39 is 17.4 Å². The molecule has 0 aliphatic heterocycles. The molecular formula is C17H19NO6. The van der Waals surface area contributed by atoms with Crippen molar-refractivity contribution >= 4 is 22.8 Å². The standard InChI is InChI=1S/C17H19NO6/c1-4-6-9-14-10(7-11(15(9)20)17(23)24-3)13(19)8-12(16(21)22)18(14)5-2/h7-8,20H,4-6H2,1-3H3,(H,21,22). The third kappa shape index (κ3) is 2.73. The van der Waals surface area contributed by atoms with Gasteiger partial charge in [-0.3, -0.25) is 4.79 Å². The highest BCUT2D eigenvalue weighted by Gasteiger charge is 2.23. The monoisotopic (exact) mass is 333 g/mol. The number of nitrogens with zero attached hydrogens (tertiary/aromatic N) is 1. The fourth-order valence-corrected chi connectivity index (χ4v) is 2.87. The van der Waals surface area contributed by atoms with Crippen LogP contribution in [-0.2, 0) is 17.7 Å². The Balaban J connectivity index is 3.07. The zero-order valence-corrected chi connectivity index (χ0v) is 13.8. The number of aryl methyl sites for hydroxylation is 2. The summed E-state index contributed by atoms with van der Waals surface area (Å²) in [5.41, 5.74) is -0.0599. The van der Waals surface area contributed by atoms with Crippen LogP contribution in [0.2, 0.25) is 0 Å². The molecule has 0 aliphatic carbocycles. The number of pyridine rings is 1. The summed E-state index contributed by atoms with van der Waals surface area (Å²) in [6, 6.07) is 2.29. The number of aromatic carboxylic acids is 1. The highest BCUT2D eigenvalue weighted by Crippen LogP contribution is 2.32. The van der Waals surface area contributed by atoms with Crippen molar-refractivity contribution in [3.63, 3.8) is 0 Å². The molecule has 0 amide bonds. The predicted molar refractivity (Wildman–Crippen MR) is 87.8 cm³/mol. The topological polar surface area (TPSA) is 106 Å². The number of carbonyl (C=O) groups is 2. The Hall–Kier alpha value is -2.83. The number of rotatable bonds is 5. The zero-order chi connectivity index (χ0) is 18.0. The molecule has 1 heterocycles. The summed E-state index contributed by atoms with van der Waals surface area (Å²) >= 11 is 0. The first-order valence-corrected chi connectivity index (χ1v) is 7.61. The minimum Gasteiger partial charge on any atom is -0.507 e. The Morgan fingerprint density at radius 2 is 1.92 bits per heavy atom. The Morgan fingerprint density at radius 3 is 2.42 bits per heavy atom. The molecule has 0 saturated carbocycles. The molecular weight excluding hydrogens is 314 g/mol. The largest absolute Gasteiger partial charge is 0.507 e. The highest BCUT2D eigenvalue weighted by atomic mass is 16.5. The van der Waals surface area contributed by atoms with Crippen molar-refractivity contribution in [3.8, 4) is 5.75 Å². The number of methoxy groups -OCH3 is 1. The average molecular weight is 333 g/mol. The Morgan fingerprint density at radius 1 is 1.25 bits per heavy atom. The average Bonchev–Trinajstić information content (AvgIpc) is 2.56. The lowest BCUT2D eigenvalue weighted by Gasteiger charge is -2.18. The van der Waals surface area contributed by atoms with Crippen LogP contribution in [0, 0.1) is 0 Å². The van der Waals surface area contributed by atoms with E-state index in [1.54, 1.807) is 6.92 Å². The number of carboxylic acids is 1. The molecule has 1 aromatic carbocycles. The molecule has 24 heavy (non-hydrogen) atoms. The van der Waals surface area contributed by atoms with Crippen molar-refractivity contribution in [2.75, 3.05) is 7.11 Å². The van der Waals surface area contributed by atoms with Gasteiger partial charge in [-0.25, -0.2) is 9.59 Å². The fourth-order valence-electron chi connectivity index (χ4n) is 2.87. The van der Waals surface area contributed by atoms with Crippen molar-refractivity contribution in [2.24, 2.45) is 0 Å². The molecule has 0 radical (unpaired) electrons. The van der Waals surface area contributed by atoms with Crippen LogP contribution in [0.5, 0.6) is 5.75 Å². The molecule has 0 fully saturated rings. The van der Waals surface area contributed by atoms with Crippen molar-refractivity contribution in [3.05, 3.63) is 39.2 Å². The molecule has 0 saturated heterocycles. The summed E-state index contributed by atoms with van der Waals surface area (Å²) < 4.78 is 6.12. The molecule has 7 heteroatoms. The molecule has 0 atom stereocenters. The minimum absolute atomic E-state index is 0.101. The molecule has 128 valence electrons. The molecule has 1 aromatic heterocycles. The molecule has 2 rings (SSSR count). The summed E-state index contributed by atoms with van der Waals surface area (Å²) in [6.45, 7) is 3.93. The molecule has 2 aromatic rings. The summed E-state index contributed by atoms with van der Waals surface area (Å²) in [4.78, 5) is 35.7. The number of ether oxygens (including phenoxy) is 1. The van der Waals surface area contributed by atoms with Gasteiger partial charge in [0, 0.05) is 23.6 Å². The molecule has 0 unspecified atom stereocenters. The number of phenols is 1. The van der Waals surface area contributed by atoms with Crippen LogP contribution in [0.4, 0.5) is 0 Å². The Labute approximate surface area is 138 Å². The van der Waals surface area contributed by atoms with Crippen LogP contribution in [0.1, 0.15) is 46.7 Å². The van der Waals surface area contributed by atoms with Crippen LogP contribution in [0.25, 0.3) is 10.9 Å². The smallest absolute Gasteiger partial charge is 0.352 e. The second-order valence-electron chi connectivity index (χ2n) is 5.33. The summed E-state index contributed by atoms with van der Waals surface area (Å²) in [6.07, 6.45) is 1.03. The third-order valence-electron chi connectivity index (χ3n) is 3.91. The molecule has 0 aliphatic rings. The SMILES string of the molecule is CCCc1c(O)c(C(=O)OC)cc2c(=O)cc(C(=O)O)n(CC)c12. The second-order valence-corrected chi connectivity index (χ2v) is 5.33. The van der Waals surface area contributed by atoms with E-state index in [0.29, 0.717) is 30.5 Å². The Kier molecular flexibility index (Phi) is 4.92. The number of aromatic hydroxyl groups is 1. The number of carbonyl (C=O) groups excluding carboxylic acids is 1. The van der Waals surface area contributed by atoms with Crippen molar-refractivity contribution in [1.82, 2.24) is 4.57 Å². The van der Waals surface area contributed by atoms with Crippen molar-refractivity contribution in [1.29, 1.82) is 0 Å². The van der Waals surface area contributed by atoms with Gasteiger partial charge in [-0.1, -0.05) is 13.3 Å². The van der Waals surface area contributed by atoms with Crippen LogP contribution in [0.15, 0.2) is 16.9 Å². The number of hydrogen-bond acceptors (Lipinski definition) is 5. The van der Waals surface area contributed by atoms with E-state index in [4.69, 9.17) is 0 Å². The van der Waals surface area contributed by atoms with Gasteiger partial charge in [0.05, 0.1) is 12.6 Å². The van der Waals surface area contributed by atoms with E-state index in [0.717, 1.165) is 6.07 Å². The lowest BCUT2D eigenvalue weighted by Crippen LogP contribution is -2.19. The van der Waals surface area contributed by atoms with Crippen LogP contribution in [0.3, 0.4) is 0 Å². The predicted octanol–water partition coefficient (Wildman–Crippen LogP) is 2.16. The van der Waals surface area contributed by atoms with Crippen LogP contribution >= 0.6 is 0 Å². The first kappa shape index (κ1) is 17.5. The lowest BCUT2D eigenvalue weighted by atomic mass is 9.98. The van der Waals surface area contributed by atoms with E-state index in [2.05, 4.69) is 4.74 Å². The van der Waals surface area contributed by atoms with Gasteiger partial charge < -0.3 is 19.5 Å². The first-order chi connectivity index (χ1) is 11.4. The number of phenolic OH excluding ortho intramolecular Hbond substituents is 1. The van der Waals surface area contributed by atoms with Gasteiger partial charge in [-0.15, -0.1) is 0 Å². The van der Waals surface area contributed by atoms with E-state index in [9.17, 15) is 24.6 Å². The van der Waals surface area contributed by atoms with Gasteiger partial charge in [0.15, 0.2) is 5.43 Å². The van der Waals surface area contributed by atoms with Gasteiger partial charge >= 0.3 is 11.9 Å². The van der Waals surface area contributed by atoms with Crippen molar-refractivity contribution in [2.45, 2.75) is 33.2 Å². The summed E-state index contributed by atoms with van der Waals surface area (Å²) in [7, 11) is 1.18. The first-order valence-electron chi connectivity index (χ1n) is 7.61. The quantitative estimate of drug-likeness (QED) is 0.812. The number of aromatic nitrogens is 1. The van der Waals surface area contributed by atoms with E-state index in [1.165, 1.54) is 17.7 Å². The highest BCUT2D eigenvalue weighted by molar-refractivity contribution is 6.00. The number of esters is 1. The minimum atomic E-state index is -1.23. The normalized spacial score (nSPS) is 10.8. The maximum absolute atomic E-state index is 12.4. The molecule has 0 spiro atoms. The lowest BCUT2D eigenvalue weighted by molar-refractivity contribution is 0.0596. The maximum Gasteiger partial charge on any atom is 0.352 e. The van der Waals surface area contributed by atoms with E-state index >= 15 is 0 Å². The number of hydrogen-bond donors (Lipinski definition) is 2. The maximum atomic E-state index is 12.4. The van der Waals surface area contributed by atoms with E-state index in [-0.39, 0.29) is 22.4 Å². The van der Waals surface area contributed by atoms with Crippen LogP contribution in [-0.4, -0.2) is 33.8 Å². The fraction of sp³-hybridized carbons (Fsp3) is 0.353. The van der Waals surface area contributed by atoms with Gasteiger partial charge in [-0.05, 0) is 19.4 Å². The molecule has 0 bridgehead atoms.